The molecule has 20 heavy (non-hydrogen) atoms. The minimum atomic E-state index is -0.00194. The molecule has 0 fully saturated rings. The Hall–Kier alpha value is -1.11. The molecule has 1 aromatic heterocycles. The zero-order chi connectivity index (χ0) is 14.8. The average Bonchev–Trinajstić information content (AvgIpc) is 2.80. The van der Waals surface area contributed by atoms with Crippen molar-refractivity contribution in [2.45, 2.75) is 32.9 Å². The van der Waals surface area contributed by atoms with Crippen molar-refractivity contribution in [3.8, 4) is 0 Å². The summed E-state index contributed by atoms with van der Waals surface area (Å²) in [5.74, 6) is 0.528. The van der Waals surface area contributed by atoms with E-state index in [0.29, 0.717) is 23.5 Å². The van der Waals surface area contributed by atoms with Gasteiger partial charge in [0.15, 0.2) is 0 Å². The molecular weight excluding hydrogens is 344 g/mol. The topological polar surface area (TPSA) is 63.0 Å². The molecule has 0 spiro atoms. The fraction of sp³-hybridized carbons (Fsp3) is 0.385. The Morgan fingerprint density at radius 2 is 2.05 bits per heavy atom. The molecule has 7 heteroatoms. The molecular formula is C13H16BrClN4O. The van der Waals surface area contributed by atoms with E-state index >= 15 is 0 Å². The number of benzene rings is 1. The molecule has 1 aromatic carbocycles. The number of rotatable bonds is 4. The lowest BCUT2D eigenvalue weighted by Crippen LogP contribution is -2.35. The summed E-state index contributed by atoms with van der Waals surface area (Å²) in [4.78, 5) is 0. The van der Waals surface area contributed by atoms with E-state index in [1.165, 1.54) is 0 Å². The van der Waals surface area contributed by atoms with E-state index in [0.717, 1.165) is 10.2 Å². The fourth-order valence-corrected chi connectivity index (χ4v) is 1.97. The first kappa shape index (κ1) is 15.3. The summed E-state index contributed by atoms with van der Waals surface area (Å²) in [6.45, 7) is 6.75. The van der Waals surface area contributed by atoms with Gasteiger partial charge in [0.2, 0.25) is 5.89 Å². The highest BCUT2D eigenvalue weighted by Gasteiger charge is 2.13. The Kier molecular flexibility index (Phi) is 4.67. The second-order valence-corrected chi connectivity index (χ2v) is 6.53. The van der Waals surface area contributed by atoms with Gasteiger partial charge in [0.05, 0.1) is 21.7 Å². The molecule has 0 bridgehead atoms. The monoisotopic (exact) mass is 358 g/mol. The smallest absolute Gasteiger partial charge is 0.320 e. The Balaban J connectivity index is 2.04. The highest BCUT2D eigenvalue weighted by Crippen LogP contribution is 2.31. The third-order valence-corrected chi connectivity index (χ3v) is 3.83. The number of anilines is 2. The summed E-state index contributed by atoms with van der Waals surface area (Å²) in [6.07, 6.45) is 0. The number of nitrogens with zero attached hydrogens (tertiary/aromatic N) is 2. The number of halogens is 2. The third kappa shape index (κ3) is 4.19. The zero-order valence-electron chi connectivity index (χ0n) is 11.5. The molecule has 108 valence electrons. The van der Waals surface area contributed by atoms with Crippen molar-refractivity contribution in [1.29, 1.82) is 0 Å². The Bertz CT molecular complexity index is 594. The van der Waals surface area contributed by atoms with Crippen molar-refractivity contribution >= 4 is 39.2 Å². The minimum absolute atomic E-state index is 0.00194. The predicted molar refractivity (Wildman–Crippen MR) is 83.3 cm³/mol. The van der Waals surface area contributed by atoms with Crippen molar-refractivity contribution in [3.63, 3.8) is 0 Å². The molecule has 0 saturated carbocycles. The van der Waals surface area contributed by atoms with E-state index < -0.39 is 0 Å². The standard InChI is InChI=1S/C13H16BrClN4O/c1-13(2,3)16-7-10-18-19-12(20-10)17-9-6-4-5-8(15)11(9)14/h4-6,16H,7H2,1-3H3,(H,17,19). The van der Waals surface area contributed by atoms with E-state index in [1.54, 1.807) is 6.07 Å². The molecule has 0 aliphatic heterocycles. The van der Waals surface area contributed by atoms with Crippen LogP contribution in [0.4, 0.5) is 11.7 Å². The summed E-state index contributed by atoms with van der Waals surface area (Å²) in [6, 6.07) is 5.84. The predicted octanol–water partition coefficient (Wildman–Crippen LogP) is 4.12. The van der Waals surface area contributed by atoms with Crippen LogP contribution in [0.2, 0.25) is 5.02 Å². The molecule has 1 heterocycles. The van der Waals surface area contributed by atoms with Gasteiger partial charge in [0.1, 0.15) is 0 Å². The average molecular weight is 360 g/mol. The molecule has 5 nitrogen and oxygen atoms in total. The van der Waals surface area contributed by atoms with Crippen LogP contribution >= 0.6 is 27.5 Å². The molecule has 0 aliphatic rings. The molecule has 0 radical (unpaired) electrons. The summed E-state index contributed by atoms with van der Waals surface area (Å²) in [5.41, 5.74) is 0.773. The molecule has 0 atom stereocenters. The molecule has 0 aliphatic carbocycles. The minimum Gasteiger partial charge on any atom is -0.406 e. The summed E-state index contributed by atoms with van der Waals surface area (Å²) >= 11 is 9.43. The molecule has 2 N–H and O–H groups in total. The molecule has 0 amide bonds. The van der Waals surface area contributed by atoms with Gasteiger partial charge in [-0.25, -0.2) is 0 Å². The largest absolute Gasteiger partial charge is 0.406 e. The number of nitrogens with one attached hydrogen (secondary N) is 2. The van der Waals surface area contributed by atoms with Crippen LogP contribution < -0.4 is 10.6 Å². The van der Waals surface area contributed by atoms with Gasteiger partial charge in [-0.2, -0.15) is 0 Å². The maximum Gasteiger partial charge on any atom is 0.320 e. The zero-order valence-corrected chi connectivity index (χ0v) is 13.8. The highest BCUT2D eigenvalue weighted by atomic mass is 79.9. The second-order valence-electron chi connectivity index (χ2n) is 5.33. The Morgan fingerprint density at radius 1 is 1.30 bits per heavy atom. The summed E-state index contributed by atoms with van der Waals surface area (Å²) in [5, 5.41) is 14.9. The molecule has 0 unspecified atom stereocenters. The van der Waals surface area contributed by atoms with Crippen molar-refractivity contribution < 1.29 is 4.42 Å². The van der Waals surface area contributed by atoms with E-state index in [9.17, 15) is 0 Å². The van der Waals surface area contributed by atoms with Crippen LogP contribution in [0.25, 0.3) is 0 Å². The molecule has 2 rings (SSSR count). The summed E-state index contributed by atoms with van der Waals surface area (Å²) in [7, 11) is 0. The van der Waals surface area contributed by atoms with Gasteiger partial charge in [-0.3, -0.25) is 0 Å². The Labute approximate surface area is 131 Å². The Morgan fingerprint density at radius 3 is 2.75 bits per heavy atom. The van der Waals surface area contributed by atoms with Gasteiger partial charge in [-0.05, 0) is 48.8 Å². The fourth-order valence-electron chi connectivity index (χ4n) is 1.43. The SMILES string of the molecule is CC(C)(C)NCc1nnc(Nc2cccc(Cl)c2Br)o1. The lowest BCUT2D eigenvalue weighted by molar-refractivity contribution is 0.384. The van der Waals surface area contributed by atoms with Crippen LogP contribution in [0.15, 0.2) is 27.1 Å². The number of hydrogen-bond donors (Lipinski definition) is 2. The first-order valence-electron chi connectivity index (χ1n) is 6.13. The van der Waals surface area contributed by atoms with Gasteiger partial charge in [0.25, 0.3) is 0 Å². The van der Waals surface area contributed by atoms with Crippen molar-refractivity contribution in [2.75, 3.05) is 5.32 Å². The maximum absolute atomic E-state index is 6.02. The highest BCUT2D eigenvalue weighted by molar-refractivity contribution is 9.10. The van der Waals surface area contributed by atoms with Gasteiger partial charge in [-0.15, -0.1) is 5.10 Å². The van der Waals surface area contributed by atoms with Gasteiger partial charge < -0.3 is 15.1 Å². The lowest BCUT2D eigenvalue weighted by Gasteiger charge is -2.18. The van der Waals surface area contributed by atoms with Crippen molar-refractivity contribution in [3.05, 3.63) is 33.6 Å². The second kappa shape index (κ2) is 6.11. The van der Waals surface area contributed by atoms with Gasteiger partial charge in [-0.1, -0.05) is 22.8 Å². The molecule has 0 saturated heterocycles. The number of aromatic nitrogens is 2. The van der Waals surface area contributed by atoms with E-state index in [4.69, 9.17) is 16.0 Å². The normalized spacial score (nSPS) is 11.7. The van der Waals surface area contributed by atoms with Gasteiger partial charge in [0, 0.05) is 5.54 Å². The van der Waals surface area contributed by atoms with Crippen LogP contribution in [0.1, 0.15) is 26.7 Å². The van der Waals surface area contributed by atoms with E-state index in [1.807, 2.05) is 12.1 Å². The van der Waals surface area contributed by atoms with E-state index in [2.05, 4.69) is 57.5 Å². The first-order chi connectivity index (χ1) is 9.35. The van der Waals surface area contributed by atoms with E-state index in [-0.39, 0.29) is 5.54 Å². The number of hydrogen-bond acceptors (Lipinski definition) is 5. The van der Waals surface area contributed by atoms with Crippen molar-refractivity contribution in [1.82, 2.24) is 15.5 Å². The quantitative estimate of drug-likeness (QED) is 0.860. The van der Waals surface area contributed by atoms with Crippen LogP contribution in [0.5, 0.6) is 0 Å². The first-order valence-corrected chi connectivity index (χ1v) is 7.31. The van der Waals surface area contributed by atoms with Crippen LogP contribution in [0, 0.1) is 0 Å². The van der Waals surface area contributed by atoms with Crippen molar-refractivity contribution in [2.24, 2.45) is 0 Å². The van der Waals surface area contributed by atoms with Crippen LogP contribution in [-0.4, -0.2) is 15.7 Å². The third-order valence-electron chi connectivity index (χ3n) is 2.43. The van der Waals surface area contributed by atoms with Gasteiger partial charge >= 0.3 is 6.01 Å². The lowest BCUT2D eigenvalue weighted by atomic mass is 10.1. The van der Waals surface area contributed by atoms with Crippen LogP contribution in [-0.2, 0) is 6.54 Å². The van der Waals surface area contributed by atoms with Crippen LogP contribution in [0.3, 0.4) is 0 Å². The molecule has 2 aromatic rings. The maximum atomic E-state index is 6.02. The summed E-state index contributed by atoms with van der Waals surface area (Å²) < 4.78 is 6.28.